The van der Waals surface area contributed by atoms with Gasteiger partial charge in [0.25, 0.3) is 5.91 Å². The van der Waals surface area contributed by atoms with Gasteiger partial charge in [-0.1, -0.05) is 35.4 Å². The van der Waals surface area contributed by atoms with Crippen LogP contribution in [-0.4, -0.2) is 43.1 Å². The zero-order chi connectivity index (χ0) is 24.2. The summed E-state index contributed by atoms with van der Waals surface area (Å²) in [4.78, 5) is 31.8. The summed E-state index contributed by atoms with van der Waals surface area (Å²) in [5.74, 6) is -0.807. The SMILES string of the molecule is COC(=O)c1cccc(C(=O)Nc2cncc(-c3cc(C)cc(C)c3)c2N2CCC(N)CC2)c1. The Morgan fingerprint density at radius 3 is 2.38 bits per heavy atom. The van der Waals surface area contributed by atoms with Crippen molar-refractivity contribution < 1.29 is 14.3 Å². The van der Waals surface area contributed by atoms with E-state index in [4.69, 9.17) is 10.5 Å². The lowest BCUT2D eigenvalue weighted by Gasteiger charge is -2.34. The summed E-state index contributed by atoms with van der Waals surface area (Å²) in [7, 11) is 1.32. The van der Waals surface area contributed by atoms with Crippen molar-refractivity contribution in [3.63, 3.8) is 0 Å². The molecule has 0 atom stereocenters. The second-order valence-electron chi connectivity index (χ2n) is 8.81. The molecule has 0 spiro atoms. The van der Waals surface area contributed by atoms with Crippen molar-refractivity contribution in [1.82, 2.24) is 4.98 Å². The number of nitrogens with one attached hydrogen (secondary N) is 1. The van der Waals surface area contributed by atoms with E-state index in [0.29, 0.717) is 16.8 Å². The van der Waals surface area contributed by atoms with Gasteiger partial charge in [0.15, 0.2) is 0 Å². The molecule has 0 bridgehead atoms. The van der Waals surface area contributed by atoms with E-state index in [1.807, 2.05) is 6.20 Å². The molecule has 7 nitrogen and oxygen atoms in total. The molecule has 4 rings (SSSR count). The maximum atomic E-state index is 13.2. The van der Waals surface area contributed by atoms with Crippen molar-refractivity contribution in [3.05, 3.63) is 77.1 Å². The molecule has 0 unspecified atom stereocenters. The van der Waals surface area contributed by atoms with Gasteiger partial charge in [-0.15, -0.1) is 0 Å². The van der Waals surface area contributed by atoms with E-state index in [1.54, 1.807) is 24.4 Å². The fourth-order valence-electron chi connectivity index (χ4n) is 4.45. The number of aryl methyl sites for hydroxylation is 2. The van der Waals surface area contributed by atoms with Crippen molar-refractivity contribution in [3.8, 4) is 11.1 Å². The molecule has 176 valence electrons. The van der Waals surface area contributed by atoms with Crippen molar-refractivity contribution >= 4 is 23.3 Å². The minimum absolute atomic E-state index is 0.182. The lowest BCUT2D eigenvalue weighted by atomic mass is 9.98. The number of benzene rings is 2. The van der Waals surface area contributed by atoms with E-state index < -0.39 is 5.97 Å². The number of piperidine rings is 1. The monoisotopic (exact) mass is 458 g/mol. The first-order chi connectivity index (χ1) is 16.4. The van der Waals surface area contributed by atoms with E-state index in [9.17, 15) is 9.59 Å². The Hall–Kier alpha value is -3.71. The van der Waals surface area contributed by atoms with Crippen LogP contribution < -0.4 is 16.0 Å². The van der Waals surface area contributed by atoms with E-state index in [0.717, 1.165) is 53.9 Å². The van der Waals surface area contributed by atoms with Crippen molar-refractivity contribution in [2.24, 2.45) is 5.73 Å². The van der Waals surface area contributed by atoms with Crippen molar-refractivity contribution in [1.29, 1.82) is 0 Å². The second-order valence-corrected chi connectivity index (χ2v) is 8.81. The van der Waals surface area contributed by atoms with Gasteiger partial charge < -0.3 is 20.7 Å². The van der Waals surface area contributed by atoms with Gasteiger partial charge in [0.2, 0.25) is 0 Å². The third-order valence-electron chi connectivity index (χ3n) is 6.10. The van der Waals surface area contributed by atoms with E-state index in [1.165, 1.54) is 13.2 Å². The first-order valence-electron chi connectivity index (χ1n) is 11.4. The van der Waals surface area contributed by atoms with Crippen LogP contribution in [0.5, 0.6) is 0 Å². The largest absolute Gasteiger partial charge is 0.465 e. The van der Waals surface area contributed by atoms with Gasteiger partial charge in [-0.25, -0.2) is 4.79 Å². The summed E-state index contributed by atoms with van der Waals surface area (Å²) < 4.78 is 4.78. The molecule has 2 aromatic carbocycles. The number of esters is 1. The minimum Gasteiger partial charge on any atom is -0.465 e. The number of methoxy groups -OCH3 is 1. The van der Waals surface area contributed by atoms with E-state index in [-0.39, 0.29) is 11.9 Å². The third-order valence-corrected chi connectivity index (χ3v) is 6.10. The average molecular weight is 459 g/mol. The highest BCUT2D eigenvalue weighted by atomic mass is 16.5. The molecule has 1 aliphatic heterocycles. The van der Waals surface area contributed by atoms with Crippen LogP contribution in [0.15, 0.2) is 54.9 Å². The molecule has 1 fully saturated rings. The summed E-state index contributed by atoms with van der Waals surface area (Å²) in [6.45, 7) is 5.74. The van der Waals surface area contributed by atoms with Crippen LogP contribution in [0.25, 0.3) is 11.1 Å². The van der Waals surface area contributed by atoms with Gasteiger partial charge in [0, 0.05) is 36.5 Å². The first kappa shape index (κ1) is 23.4. The molecule has 0 saturated carbocycles. The molecule has 3 N–H and O–H groups in total. The quantitative estimate of drug-likeness (QED) is 0.552. The Labute approximate surface area is 199 Å². The number of anilines is 2. The standard InChI is InChI=1S/C27H30N4O3/c1-17-11-18(2)13-21(12-17)23-15-29-16-24(25(23)31-9-7-22(28)8-10-31)30-26(32)19-5-4-6-20(14-19)27(33)34-3/h4-6,11-16,22H,7-10,28H2,1-3H3,(H,30,32). The molecule has 2 heterocycles. The Balaban J connectivity index is 1.75. The molecule has 1 saturated heterocycles. The molecule has 34 heavy (non-hydrogen) atoms. The van der Waals surface area contributed by atoms with Crippen LogP contribution in [0, 0.1) is 13.8 Å². The normalized spacial score (nSPS) is 14.1. The maximum Gasteiger partial charge on any atom is 0.337 e. The van der Waals surface area contributed by atoms with Crippen LogP contribution in [0.4, 0.5) is 11.4 Å². The Bertz CT molecular complexity index is 1200. The molecule has 7 heteroatoms. The third kappa shape index (κ3) is 5.10. The molecule has 1 aliphatic rings. The number of nitrogens with zero attached hydrogens (tertiary/aromatic N) is 2. The van der Waals surface area contributed by atoms with Crippen LogP contribution in [0.2, 0.25) is 0 Å². The number of ether oxygens (including phenoxy) is 1. The highest BCUT2D eigenvalue weighted by molar-refractivity contribution is 6.08. The van der Waals surface area contributed by atoms with Gasteiger partial charge in [-0.3, -0.25) is 9.78 Å². The number of rotatable bonds is 5. The van der Waals surface area contributed by atoms with Crippen molar-refractivity contribution in [2.75, 3.05) is 30.4 Å². The van der Waals surface area contributed by atoms with Gasteiger partial charge >= 0.3 is 5.97 Å². The Kier molecular flexibility index (Phi) is 6.93. The highest BCUT2D eigenvalue weighted by Gasteiger charge is 2.24. The lowest BCUT2D eigenvalue weighted by Crippen LogP contribution is -2.40. The number of amides is 1. The smallest absolute Gasteiger partial charge is 0.337 e. The first-order valence-corrected chi connectivity index (χ1v) is 11.4. The number of carbonyl (C=O) groups excluding carboxylic acids is 2. The molecule has 3 aromatic rings. The molecule has 0 aliphatic carbocycles. The van der Waals surface area contributed by atoms with Crippen LogP contribution in [0.1, 0.15) is 44.7 Å². The molecule has 1 amide bonds. The number of carbonyl (C=O) groups is 2. The van der Waals surface area contributed by atoms with E-state index >= 15 is 0 Å². The van der Waals surface area contributed by atoms with Crippen molar-refractivity contribution in [2.45, 2.75) is 32.7 Å². The predicted octanol–water partition coefficient (Wildman–Crippen LogP) is 4.33. The summed E-state index contributed by atoms with van der Waals surface area (Å²) in [6, 6.07) is 13.1. The Morgan fingerprint density at radius 1 is 1.03 bits per heavy atom. The zero-order valence-corrected chi connectivity index (χ0v) is 19.8. The highest BCUT2D eigenvalue weighted by Crippen LogP contribution is 2.38. The van der Waals surface area contributed by atoms with Gasteiger partial charge in [-0.2, -0.15) is 0 Å². The van der Waals surface area contributed by atoms with Crippen LogP contribution in [-0.2, 0) is 4.74 Å². The second kappa shape index (κ2) is 10.1. The minimum atomic E-state index is -0.488. The summed E-state index contributed by atoms with van der Waals surface area (Å²) in [6.07, 6.45) is 5.29. The fraction of sp³-hybridized carbons (Fsp3) is 0.296. The number of aromatic nitrogens is 1. The van der Waals surface area contributed by atoms with Gasteiger partial charge in [0.05, 0.1) is 30.2 Å². The molecular formula is C27H30N4O3. The fourth-order valence-corrected chi connectivity index (χ4v) is 4.45. The molecular weight excluding hydrogens is 428 g/mol. The number of hydrogen-bond acceptors (Lipinski definition) is 6. The summed E-state index contributed by atoms with van der Waals surface area (Å²) >= 11 is 0. The number of hydrogen-bond donors (Lipinski definition) is 2. The Morgan fingerprint density at radius 2 is 1.71 bits per heavy atom. The summed E-state index contributed by atoms with van der Waals surface area (Å²) in [5, 5.41) is 3.03. The van der Waals surface area contributed by atoms with Gasteiger partial charge in [-0.05, 0) is 50.5 Å². The number of pyridine rings is 1. The lowest BCUT2D eigenvalue weighted by molar-refractivity contribution is 0.0600. The maximum absolute atomic E-state index is 13.2. The molecule has 0 radical (unpaired) electrons. The molecule has 1 aromatic heterocycles. The topological polar surface area (TPSA) is 97.5 Å². The zero-order valence-electron chi connectivity index (χ0n) is 19.8. The average Bonchev–Trinajstić information content (AvgIpc) is 2.83. The van der Waals surface area contributed by atoms with Gasteiger partial charge in [0.1, 0.15) is 0 Å². The predicted molar refractivity (Wildman–Crippen MR) is 134 cm³/mol. The summed E-state index contributed by atoms with van der Waals surface area (Å²) in [5.41, 5.74) is 12.8. The van der Waals surface area contributed by atoms with E-state index in [2.05, 4.69) is 47.2 Å². The van der Waals surface area contributed by atoms with Crippen LogP contribution >= 0.6 is 0 Å². The van der Waals surface area contributed by atoms with Crippen LogP contribution in [0.3, 0.4) is 0 Å². The number of nitrogens with two attached hydrogens (primary N) is 1.